The van der Waals surface area contributed by atoms with Crippen molar-refractivity contribution in [1.29, 1.82) is 5.26 Å². The molecule has 1 aromatic heterocycles. The first-order chi connectivity index (χ1) is 16.5. The van der Waals surface area contributed by atoms with Gasteiger partial charge in [-0.15, -0.1) is 0 Å². The summed E-state index contributed by atoms with van der Waals surface area (Å²) in [5.41, 5.74) is 2.76. The number of carbonyl (C=O) groups excluding carboxylic acids is 2. The van der Waals surface area contributed by atoms with Crippen molar-refractivity contribution in [3.8, 4) is 28.5 Å². The fourth-order valence-corrected chi connectivity index (χ4v) is 3.47. The molecule has 0 spiro atoms. The van der Waals surface area contributed by atoms with Gasteiger partial charge in [-0.3, -0.25) is 14.9 Å². The van der Waals surface area contributed by atoms with Crippen LogP contribution in [0.3, 0.4) is 0 Å². The van der Waals surface area contributed by atoms with E-state index in [1.807, 2.05) is 60.7 Å². The van der Waals surface area contributed by atoms with Gasteiger partial charge in [0.15, 0.2) is 0 Å². The van der Waals surface area contributed by atoms with E-state index in [1.54, 1.807) is 0 Å². The zero-order chi connectivity index (χ0) is 23.9. The molecule has 7 heteroatoms. The Bertz CT molecular complexity index is 1340. The Balaban J connectivity index is 1.53. The van der Waals surface area contributed by atoms with E-state index in [9.17, 15) is 19.2 Å². The van der Waals surface area contributed by atoms with Crippen molar-refractivity contribution in [2.45, 2.75) is 12.8 Å². The Hall–Kier alpha value is -4.70. The summed E-state index contributed by atoms with van der Waals surface area (Å²) in [5.74, 6) is -0.777. The van der Waals surface area contributed by atoms with Crippen molar-refractivity contribution in [1.82, 2.24) is 0 Å². The summed E-state index contributed by atoms with van der Waals surface area (Å²) >= 11 is 0. The number of nitrogens with one attached hydrogen (secondary N) is 2. The number of furan rings is 1. The van der Waals surface area contributed by atoms with Gasteiger partial charge in [-0.1, -0.05) is 60.7 Å². The Labute approximate surface area is 195 Å². The van der Waals surface area contributed by atoms with Gasteiger partial charge in [0.1, 0.15) is 23.2 Å². The van der Waals surface area contributed by atoms with Crippen LogP contribution in [-0.4, -0.2) is 11.8 Å². The van der Waals surface area contributed by atoms with Crippen LogP contribution < -0.4 is 10.6 Å². The molecule has 0 aliphatic heterocycles. The molecular weight excluding hydrogens is 433 g/mol. The lowest BCUT2D eigenvalue weighted by Crippen LogP contribution is -2.17. The minimum atomic E-state index is -0.473. The third-order valence-electron chi connectivity index (χ3n) is 5.08. The minimum absolute atomic E-state index is 0.0316. The van der Waals surface area contributed by atoms with Gasteiger partial charge in [0.05, 0.1) is 0 Å². The van der Waals surface area contributed by atoms with Gasteiger partial charge in [-0.25, -0.2) is 4.39 Å². The first kappa shape index (κ1) is 22.5. The normalized spacial score (nSPS) is 10.4. The molecule has 6 nitrogen and oxygen atoms in total. The van der Waals surface area contributed by atoms with E-state index in [-0.39, 0.29) is 24.3 Å². The molecule has 0 atom stereocenters. The lowest BCUT2D eigenvalue weighted by Gasteiger charge is -2.05. The van der Waals surface area contributed by atoms with Gasteiger partial charge in [-0.2, -0.15) is 5.26 Å². The molecule has 0 aliphatic rings. The third-order valence-corrected chi connectivity index (χ3v) is 5.08. The highest BCUT2D eigenvalue weighted by Crippen LogP contribution is 2.41. The molecular formula is C27H20FN3O3. The average Bonchev–Trinajstić information content (AvgIpc) is 3.23. The molecule has 2 amide bonds. The van der Waals surface area contributed by atoms with Gasteiger partial charge in [0.25, 0.3) is 0 Å². The number of nitrogens with zero attached hydrogens (tertiary/aromatic N) is 1. The van der Waals surface area contributed by atoms with Crippen LogP contribution in [0.5, 0.6) is 0 Å². The van der Waals surface area contributed by atoms with Crippen molar-refractivity contribution >= 4 is 23.4 Å². The van der Waals surface area contributed by atoms with Gasteiger partial charge in [0.2, 0.25) is 17.7 Å². The summed E-state index contributed by atoms with van der Waals surface area (Å²) in [5, 5.41) is 15.1. The van der Waals surface area contributed by atoms with Crippen LogP contribution in [-0.2, 0) is 9.59 Å². The highest BCUT2D eigenvalue weighted by Gasteiger charge is 2.24. The molecule has 168 valence electrons. The van der Waals surface area contributed by atoms with Crippen LogP contribution in [0.2, 0.25) is 0 Å². The molecule has 4 rings (SSSR count). The SMILES string of the molecule is N#Cc1c(NC(=O)CCC(=O)Nc2ccc(F)cc2)oc(-c2ccccc2)c1-c1ccccc1. The van der Waals surface area contributed by atoms with E-state index >= 15 is 0 Å². The van der Waals surface area contributed by atoms with E-state index in [0.717, 1.165) is 11.1 Å². The molecule has 0 saturated carbocycles. The van der Waals surface area contributed by atoms with Crippen molar-refractivity contribution in [3.63, 3.8) is 0 Å². The highest BCUT2D eigenvalue weighted by molar-refractivity contribution is 5.98. The predicted molar refractivity (Wildman–Crippen MR) is 127 cm³/mol. The maximum absolute atomic E-state index is 13.0. The predicted octanol–water partition coefficient (Wildman–Crippen LogP) is 5.98. The van der Waals surface area contributed by atoms with E-state index < -0.39 is 17.6 Å². The number of carbonyl (C=O) groups is 2. The van der Waals surface area contributed by atoms with Crippen LogP contribution in [0.25, 0.3) is 22.5 Å². The molecule has 2 N–H and O–H groups in total. The molecule has 0 aliphatic carbocycles. The van der Waals surface area contributed by atoms with Gasteiger partial charge in [-0.05, 0) is 29.8 Å². The minimum Gasteiger partial charge on any atom is -0.438 e. The molecule has 34 heavy (non-hydrogen) atoms. The first-order valence-corrected chi connectivity index (χ1v) is 10.6. The number of amides is 2. The van der Waals surface area contributed by atoms with Crippen molar-refractivity contribution < 1.29 is 18.4 Å². The first-order valence-electron chi connectivity index (χ1n) is 10.6. The quantitative estimate of drug-likeness (QED) is 0.360. The average molecular weight is 453 g/mol. The summed E-state index contributed by atoms with van der Waals surface area (Å²) in [6.07, 6.45) is -0.219. The van der Waals surface area contributed by atoms with E-state index in [4.69, 9.17) is 4.42 Å². The summed E-state index contributed by atoms with van der Waals surface area (Å²) in [7, 11) is 0. The van der Waals surface area contributed by atoms with Crippen LogP contribution >= 0.6 is 0 Å². The Morgan fingerprint density at radius 2 is 1.35 bits per heavy atom. The molecule has 4 aromatic rings. The molecule has 3 aromatic carbocycles. The number of halogens is 1. The molecule has 0 fully saturated rings. The Kier molecular flexibility index (Phi) is 6.80. The van der Waals surface area contributed by atoms with E-state index in [2.05, 4.69) is 16.7 Å². The number of anilines is 2. The Morgan fingerprint density at radius 3 is 1.94 bits per heavy atom. The Morgan fingerprint density at radius 1 is 0.794 bits per heavy atom. The lowest BCUT2D eigenvalue weighted by molar-refractivity contribution is -0.121. The number of hydrogen-bond acceptors (Lipinski definition) is 4. The zero-order valence-electron chi connectivity index (χ0n) is 18.0. The van der Waals surface area contributed by atoms with E-state index in [1.165, 1.54) is 24.3 Å². The molecule has 0 saturated heterocycles. The summed E-state index contributed by atoms with van der Waals surface area (Å²) in [6, 6.07) is 26.1. The van der Waals surface area contributed by atoms with Crippen LogP contribution in [0.15, 0.2) is 89.3 Å². The second-order valence-electron chi connectivity index (χ2n) is 7.46. The van der Waals surface area contributed by atoms with Crippen molar-refractivity contribution in [3.05, 3.63) is 96.3 Å². The monoisotopic (exact) mass is 453 g/mol. The van der Waals surface area contributed by atoms with Crippen LogP contribution in [0.4, 0.5) is 16.0 Å². The molecule has 0 bridgehead atoms. The van der Waals surface area contributed by atoms with Crippen LogP contribution in [0, 0.1) is 17.1 Å². The number of benzene rings is 3. The number of rotatable bonds is 7. The van der Waals surface area contributed by atoms with Gasteiger partial charge < -0.3 is 9.73 Å². The maximum Gasteiger partial charge on any atom is 0.227 e. The topological polar surface area (TPSA) is 95.1 Å². The maximum atomic E-state index is 13.0. The number of hydrogen-bond donors (Lipinski definition) is 2. The molecule has 0 unspecified atom stereocenters. The molecule has 0 radical (unpaired) electrons. The van der Waals surface area contributed by atoms with Gasteiger partial charge in [0, 0.05) is 29.7 Å². The summed E-state index contributed by atoms with van der Waals surface area (Å²) < 4.78 is 19.0. The fourth-order valence-electron chi connectivity index (χ4n) is 3.47. The van der Waals surface area contributed by atoms with Crippen molar-refractivity contribution in [2.75, 3.05) is 10.6 Å². The largest absolute Gasteiger partial charge is 0.438 e. The zero-order valence-corrected chi connectivity index (χ0v) is 18.0. The second kappa shape index (κ2) is 10.3. The number of nitriles is 1. The third kappa shape index (κ3) is 5.19. The smallest absolute Gasteiger partial charge is 0.227 e. The standard InChI is InChI=1S/C27H20FN3O3/c28-20-11-13-21(14-12-20)30-23(32)15-16-24(33)31-27-22(17-29)25(18-7-3-1-4-8-18)26(34-27)19-9-5-2-6-10-19/h1-14H,15-16H2,(H,30,32)(H,31,33). The van der Waals surface area contributed by atoms with Crippen molar-refractivity contribution in [2.24, 2.45) is 0 Å². The second-order valence-corrected chi connectivity index (χ2v) is 7.46. The highest BCUT2D eigenvalue weighted by atomic mass is 19.1. The molecule has 1 heterocycles. The fraction of sp³-hybridized carbons (Fsp3) is 0.0741. The summed E-state index contributed by atoms with van der Waals surface area (Å²) in [6.45, 7) is 0. The summed E-state index contributed by atoms with van der Waals surface area (Å²) in [4.78, 5) is 24.7. The van der Waals surface area contributed by atoms with Crippen LogP contribution in [0.1, 0.15) is 18.4 Å². The van der Waals surface area contributed by atoms with E-state index in [0.29, 0.717) is 17.0 Å². The lowest BCUT2D eigenvalue weighted by atomic mass is 9.98. The van der Waals surface area contributed by atoms with Gasteiger partial charge >= 0.3 is 0 Å².